The van der Waals surface area contributed by atoms with Crippen molar-refractivity contribution in [2.24, 2.45) is 5.41 Å². The highest BCUT2D eigenvalue weighted by Gasteiger charge is 2.38. The van der Waals surface area contributed by atoms with Crippen LogP contribution in [0.2, 0.25) is 0 Å². The van der Waals surface area contributed by atoms with Gasteiger partial charge in [-0.25, -0.2) is 13.1 Å². The molecule has 25 heteroatoms. The Kier molecular flexibility index (Phi) is 23.6. The average molecular weight is 1080 g/mol. The van der Waals surface area contributed by atoms with E-state index in [4.69, 9.17) is 37.3 Å². The lowest BCUT2D eigenvalue weighted by molar-refractivity contribution is -0.230. The summed E-state index contributed by atoms with van der Waals surface area (Å²) >= 11 is 0.0470. The fraction of sp³-hybridized carbons (Fsp3) is 0.551. The zero-order chi connectivity index (χ0) is 53.7. The summed E-state index contributed by atoms with van der Waals surface area (Å²) in [6.07, 6.45) is -0.439. The Labute approximate surface area is 434 Å². The molecule has 6 N–H and O–H groups in total. The molecule has 23 nitrogen and oxygen atoms in total. The Morgan fingerprint density at radius 3 is 2.26 bits per heavy atom. The van der Waals surface area contributed by atoms with E-state index in [1.165, 1.54) is 48.8 Å². The van der Waals surface area contributed by atoms with Gasteiger partial charge in [-0.15, -0.1) is 5.10 Å². The molecule has 0 bridgehead atoms. The van der Waals surface area contributed by atoms with Gasteiger partial charge in [0, 0.05) is 54.9 Å². The number of hydrogen-bond acceptors (Lipinski definition) is 21. The number of Topliss-reactive ketones (excluding diaryl/α,β-unsaturated/α-hetero) is 1. The number of amides is 2. The van der Waals surface area contributed by atoms with E-state index >= 15 is 0 Å². The zero-order valence-corrected chi connectivity index (χ0v) is 43.8. The minimum atomic E-state index is -3.66. The number of benzene rings is 2. The second-order valence-corrected chi connectivity index (χ2v) is 21.2. The molecule has 1 fully saturated rings. The maximum absolute atomic E-state index is 13.0. The van der Waals surface area contributed by atoms with Crippen LogP contribution < -0.4 is 19.6 Å². The number of sulfone groups is 1. The third-order valence-corrected chi connectivity index (χ3v) is 13.2. The smallest absolute Gasteiger partial charge is 0.252 e. The van der Waals surface area contributed by atoms with Crippen molar-refractivity contribution in [2.45, 2.75) is 95.7 Å². The average Bonchev–Trinajstić information content (AvgIpc) is 3.84. The van der Waals surface area contributed by atoms with E-state index in [2.05, 4.69) is 25.9 Å². The quantitative estimate of drug-likeness (QED) is 0.0227. The van der Waals surface area contributed by atoms with Crippen LogP contribution in [0.3, 0.4) is 0 Å². The molecule has 4 aromatic rings. The normalized spacial score (nSPS) is 17.2. The summed E-state index contributed by atoms with van der Waals surface area (Å²) in [5, 5.41) is 43.4. The second-order valence-electron chi connectivity index (χ2n) is 18.7. The number of ketones is 1. The number of aromatic nitrogens is 4. The first-order valence-electron chi connectivity index (χ1n) is 23.9. The molecule has 0 saturated carbocycles. The molecule has 1 saturated heterocycles. The van der Waals surface area contributed by atoms with Crippen LogP contribution in [0.25, 0.3) is 0 Å². The summed E-state index contributed by atoms with van der Waals surface area (Å²) in [6, 6.07) is 12.1. The minimum absolute atomic E-state index is 0.00985. The zero-order valence-electron chi connectivity index (χ0n) is 42.2. The largest absolute Gasteiger partial charge is 0.461 e. The van der Waals surface area contributed by atoms with Crippen LogP contribution in [0, 0.1) is 12.3 Å². The fourth-order valence-electron chi connectivity index (χ4n) is 7.00. The van der Waals surface area contributed by atoms with Gasteiger partial charge in [-0.05, 0) is 57.2 Å². The Bertz CT molecular complexity index is 2510. The lowest BCUT2D eigenvalue weighted by atomic mass is 9.94. The molecular weight excluding hydrogens is 1010 g/mol. The maximum atomic E-state index is 13.0. The molecule has 2 amide bonds. The summed E-state index contributed by atoms with van der Waals surface area (Å²) in [4.78, 5) is 42.9. The number of pyridine rings is 1. The van der Waals surface area contributed by atoms with Crippen LogP contribution in [0.4, 0.5) is 0 Å². The summed E-state index contributed by atoms with van der Waals surface area (Å²) in [5.74, 6) is -1.54. The van der Waals surface area contributed by atoms with Crippen molar-refractivity contribution in [3.05, 3.63) is 95.1 Å². The van der Waals surface area contributed by atoms with Gasteiger partial charge in [0.1, 0.15) is 17.9 Å². The summed E-state index contributed by atoms with van der Waals surface area (Å²) in [5.41, 5.74) is 0.964. The highest BCUT2D eigenvalue weighted by Crippen LogP contribution is 2.34. The van der Waals surface area contributed by atoms with Crippen LogP contribution in [0.15, 0.2) is 72.0 Å². The van der Waals surface area contributed by atoms with Crippen molar-refractivity contribution in [3.63, 3.8) is 0 Å². The maximum Gasteiger partial charge on any atom is 0.252 e. The molecule has 5 rings (SSSR count). The first kappa shape index (κ1) is 59.7. The fourth-order valence-corrected chi connectivity index (χ4v) is 8.45. The lowest BCUT2D eigenvalue weighted by Gasteiger charge is -2.36. The van der Waals surface area contributed by atoms with E-state index in [0.717, 1.165) is 5.56 Å². The number of carbonyl (C=O) groups excluding carboxylic acids is 3. The molecule has 3 heterocycles. The Hall–Kier alpha value is -5.16. The molecule has 3 unspecified atom stereocenters. The van der Waals surface area contributed by atoms with E-state index in [1.54, 1.807) is 23.0 Å². The molecule has 2 aromatic heterocycles. The molecular formula is C49H68N6O17S2. The Morgan fingerprint density at radius 1 is 0.851 bits per heavy atom. The molecule has 0 aliphatic carbocycles. The first-order chi connectivity index (χ1) is 35.3. The number of aliphatic hydroxyl groups excluding tert-OH is 3. The first-order valence-corrected chi connectivity index (χ1v) is 26.2. The number of nitrogens with zero attached hydrogens (tertiary/aromatic N) is 4. The summed E-state index contributed by atoms with van der Waals surface area (Å²) < 4.78 is 81.6. The van der Waals surface area contributed by atoms with Crippen molar-refractivity contribution in [3.8, 4) is 11.5 Å². The molecule has 0 spiro atoms. The van der Waals surface area contributed by atoms with Gasteiger partial charge < -0.3 is 63.3 Å². The Morgan fingerprint density at radius 2 is 1.54 bits per heavy atom. The van der Waals surface area contributed by atoms with Gasteiger partial charge in [-0.2, -0.15) is 0 Å². The SMILES string of the molecule is Cc1ccc(S(=O)(=O)CCC(=O)c2cncc(C(=O)NCC(C)(C)COCC(C)(C)OCc3cn(CCOCCOCCOCCNC(=O)c4ccc(OC5C[C@@H](O)C(O)C(CO)O5)c(OSO)c4)nn3)c2)cc1. The van der Waals surface area contributed by atoms with Crippen LogP contribution in [0.5, 0.6) is 11.5 Å². The van der Waals surface area contributed by atoms with Crippen molar-refractivity contribution in [2.75, 3.05) is 78.3 Å². The molecule has 2 aromatic carbocycles. The molecule has 1 aliphatic heterocycles. The van der Waals surface area contributed by atoms with Crippen molar-refractivity contribution >= 4 is 39.8 Å². The van der Waals surface area contributed by atoms with E-state index < -0.39 is 69.7 Å². The van der Waals surface area contributed by atoms with Crippen LogP contribution in [-0.4, -0.2) is 174 Å². The van der Waals surface area contributed by atoms with Gasteiger partial charge in [0.25, 0.3) is 11.8 Å². The number of ether oxygens (including phenoxy) is 7. The molecule has 74 heavy (non-hydrogen) atoms. The third-order valence-electron chi connectivity index (χ3n) is 11.2. The third kappa shape index (κ3) is 19.8. The number of carbonyl (C=O) groups is 3. The molecule has 0 radical (unpaired) electrons. The molecule has 408 valence electrons. The van der Waals surface area contributed by atoms with Crippen LogP contribution >= 0.6 is 12.3 Å². The van der Waals surface area contributed by atoms with Crippen molar-refractivity contribution < 1.29 is 80.0 Å². The number of aryl methyl sites for hydroxylation is 1. The van der Waals surface area contributed by atoms with E-state index in [1.807, 2.05) is 34.6 Å². The van der Waals surface area contributed by atoms with Crippen LogP contribution in [0.1, 0.15) is 82.9 Å². The van der Waals surface area contributed by atoms with E-state index in [0.29, 0.717) is 51.9 Å². The number of hydrogen-bond donors (Lipinski definition) is 6. The highest BCUT2D eigenvalue weighted by molar-refractivity contribution is 7.91. The van der Waals surface area contributed by atoms with E-state index in [9.17, 15) is 42.7 Å². The van der Waals surface area contributed by atoms with Gasteiger partial charge in [-0.1, -0.05) is 36.8 Å². The summed E-state index contributed by atoms with van der Waals surface area (Å²) in [6.45, 7) is 12.6. The van der Waals surface area contributed by atoms with E-state index in [-0.39, 0.29) is 96.9 Å². The monoisotopic (exact) mass is 1080 g/mol. The van der Waals surface area contributed by atoms with Crippen molar-refractivity contribution in [1.82, 2.24) is 30.6 Å². The van der Waals surface area contributed by atoms with Gasteiger partial charge in [0.05, 0.1) is 107 Å². The lowest BCUT2D eigenvalue weighted by Crippen LogP contribution is -2.51. The number of aliphatic hydroxyl groups is 3. The van der Waals surface area contributed by atoms with Gasteiger partial charge >= 0.3 is 0 Å². The molecule has 1 aliphatic rings. The topological polar surface area (TPSA) is 308 Å². The van der Waals surface area contributed by atoms with Gasteiger partial charge in [0.15, 0.2) is 27.1 Å². The van der Waals surface area contributed by atoms with Crippen LogP contribution in [-0.2, 0) is 51.4 Å². The number of rotatable bonds is 33. The standard InChI is InChI=1S/C49H68N6O17S2/c1-33-6-9-38(10-7-33)74(63,64)21-12-39(57)35-22-36(26-50-25-35)47(61)52-30-48(2,3)31-68-32-49(4,5)69-29-37-27-55(54-53-37)14-16-66-18-20-67-19-17-65-15-13-51-46(60)34-8-11-41(42(23-34)72-73-62)70-44-24-40(58)45(59)43(28-56)71-44/h6-11,22-23,25-27,40,43-45,56,58-59,62H,12-21,24,28-32H2,1-5H3,(H,51,60)(H,52,61)/t40-,43?,44?,45?/m1/s1. The summed E-state index contributed by atoms with van der Waals surface area (Å²) in [7, 11) is -3.66. The van der Waals surface area contributed by atoms with Crippen molar-refractivity contribution in [1.29, 1.82) is 0 Å². The molecule has 4 atom stereocenters. The Balaban J connectivity index is 0.876. The predicted molar refractivity (Wildman–Crippen MR) is 267 cm³/mol. The minimum Gasteiger partial charge on any atom is -0.461 e. The van der Waals surface area contributed by atoms with Gasteiger partial charge in [-0.3, -0.25) is 23.9 Å². The second kappa shape index (κ2) is 29.2. The number of nitrogens with one attached hydrogen (secondary N) is 2. The van der Waals surface area contributed by atoms with Gasteiger partial charge in [0.2, 0.25) is 18.6 Å². The highest BCUT2D eigenvalue weighted by atomic mass is 32.2. The predicted octanol–water partition coefficient (Wildman–Crippen LogP) is 2.98.